The minimum atomic E-state index is -0.600. The van der Waals surface area contributed by atoms with Crippen LogP contribution in [0, 0.1) is 0 Å². The van der Waals surface area contributed by atoms with Crippen molar-refractivity contribution < 1.29 is 19.1 Å². The molecule has 0 aliphatic carbocycles. The molecule has 1 N–H and O–H groups in total. The Morgan fingerprint density at radius 2 is 1.65 bits per heavy atom. The smallest absolute Gasteiger partial charge is 0.338 e. The standard InChI is InChI=1S/C27H26N2O4S/c1-19-26(31)28-23-16-22(12-13-24(23)34-19)27(32)33-18-25(30)29(17-21-10-6-3-7-11-21)15-14-20-8-4-2-5-9-20/h2-13,16,19H,14-15,17-18H2,1H3,(H,28,31). The highest BCUT2D eigenvalue weighted by Crippen LogP contribution is 2.36. The largest absolute Gasteiger partial charge is 0.452 e. The molecule has 4 rings (SSSR count). The van der Waals surface area contributed by atoms with Gasteiger partial charge in [0, 0.05) is 18.0 Å². The first-order valence-corrected chi connectivity index (χ1v) is 12.0. The van der Waals surface area contributed by atoms with Crippen molar-refractivity contribution in [2.45, 2.75) is 30.0 Å². The fraction of sp³-hybridized carbons (Fsp3) is 0.222. The molecule has 0 saturated carbocycles. The number of nitrogens with one attached hydrogen (secondary N) is 1. The maximum atomic E-state index is 13.0. The van der Waals surface area contributed by atoms with E-state index in [1.54, 1.807) is 23.1 Å². The van der Waals surface area contributed by atoms with Gasteiger partial charge in [0.1, 0.15) is 0 Å². The van der Waals surface area contributed by atoms with Crippen molar-refractivity contribution in [2.75, 3.05) is 18.5 Å². The molecule has 1 atom stereocenters. The summed E-state index contributed by atoms with van der Waals surface area (Å²) in [6, 6.07) is 24.7. The van der Waals surface area contributed by atoms with Gasteiger partial charge in [-0.2, -0.15) is 0 Å². The number of fused-ring (bicyclic) bond motifs is 1. The van der Waals surface area contributed by atoms with Crippen molar-refractivity contribution in [2.24, 2.45) is 0 Å². The fourth-order valence-electron chi connectivity index (χ4n) is 3.64. The zero-order valence-corrected chi connectivity index (χ0v) is 19.7. The summed E-state index contributed by atoms with van der Waals surface area (Å²) < 4.78 is 5.35. The minimum Gasteiger partial charge on any atom is -0.452 e. The third-order valence-electron chi connectivity index (χ3n) is 5.56. The molecule has 0 saturated heterocycles. The van der Waals surface area contributed by atoms with Crippen LogP contribution < -0.4 is 5.32 Å². The first-order chi connectivity index (χ1) is 16.5. The van der Waals surface area contributed by atoms with E-state index in [0.717, 1.165) is 16.0 Å². The summed E-state index contributed by atoms with van der Waals surface area (Å²) >= 11 is 1.44. The Hall–Kier alpha value is -3.58. The Labute approximate surface area is 203 Å². The van der Waals surface area contributed by atoms with Crippen molar-refractivity contribution in [3.05, 3.63) is 95.6 Å². The van der Waals surface area contributed by atoms with Gasteiger partial charge in [0.25, 0.3) is 5.91 Å². The van der Waals surface area contributed by atoms with Gasteiger partial charge >= 0.3 is 5.97 Å². The Bertz CT molecular complexity index is 1170. The van der Waals surface area contributed by atoms with Crippen molar-refractivity contribution >= 4 is 35.2 Å². The lowest BCUT2D eigenvalue weighted by molar-refractivity contribution is -0.135. The van der Waals surface area contributed by atoms with Gasteiger partial charge in [-0.25, -0.2) is 4.79 Å². The molecule has 0 aromatic heterocycles. The molecule has 174 valence electrons. The molecule has 0 bridgehead atoms. The van der Waals surface area contributed by atoms with Gasteiger partial charge in [0.2, 0.25) is 5.91 Å². The van der Waals surface area contributed by atoms with Crippen LogP contribution in [0.5, 0.6) is 0 Å². The molecular formula is C27H26N2O4S. The van der Waals surface area contributed by atoms with Crippen molar-refractivity contribution in [3.8, 4) is 0 Å². The summed E-state index contributed by atoms with van der Waals surface area (Å²) in [7, 11) is 0. The van der Waals surface area contributed by atoms with Gasteiger partial charge < -0.3 is 15.0 Å². The molecule has 34 heavy (non-hydrogen) atoms. The number of esters is 1. The zero-order chi connectivity index (χ0) is 23.9. The summed E-state index contributed by atoms with van der Waals surface area (Å²) in [5.74, 6) is -0.964. The van der Waals surface area contributed by atoms with Crippen LogP contribution in [0.1, 0.15) is 28.4 Å². The number of benzene rings is 3. The Morgan fingerprint density at radius 3 is 2.35 bits per heavy atom. The van der Waals surface area contributed by atoms with Gasteiger partial charge in [-0.15, -0.1) is 11.8 Å². The number of ether oxygens (including phenoxy) is 1. The van der Waals surface area contributed by atoms with Crippen molar-refractivity contribution in [3.63, 3.8) is 0 Å². The summed E-state index contributed by atoms with van der Waals surface area (Å²) in [6.45, 7) is 2.42. The van der Waals surface area contributed by atoms with Crippen LogP contribution in [0.15, 0.2) is 83.8 Å². The maximum absolute atomic E-state index is 13.0. The number of nitrogens with zero attached hydrogens (tertiary/aromatic N) is 1. The molecule has 3 aromatic carbocycles. The summed E-state index contributed by atoms with van der Waals surface area (Å²) in [6.07, 6.45) is 0.702. The predicted molar refractivity (Wildman–Crippen MR) is 133 cm³/mol. The average molecular weight is 475 g/mol. The number of hydrogen-bond acceptors (Lipinski definition) is 5. The summed E-state index contributed by atoms with van der Waals surface area (Å²) in [5.41, 5.74) is 3.02. The van der Waals surface area contributed by atoms with Gasteiger partial charge in [-0.05, 0) is 42.7 Å². The lowest BCUT2D eigenvalue weighted by Crippen LogP contribution is -2.36. The van der Waals surface area contributed by atoms with E-state index in [9.17, 15) is 14.4 Å². The molecule has 1 unspecified atom stereocenters. The number of anilines is 1. The number of hydrogen-bond donors (Lipinski definition) is 1. The van der Waals surface area contributed by atoms with Gasteiger partial charge in [0.05, 0.1) is 16.5 Å². The Balaban J connectivity index is 1.40. The van der Waals surface area contributed by atoms with Crippen molar-refractivity contribution in [1.82, 2.24) is 4.90 Å². The van der Waals surface area contributed by atoms with E-state index in [1.165, 1.54) is 11.8 Å². The number of carbonyl (C=O) groups excluding carboxylic acids is 3. The zero-order valence-electron chi connectivity index (χ0n) is 18.9. The highest BCUT2D eigenvalue weighted by molar-refractivity contribution is 8.00. The molecule has 6 nitrogen and oxygen atoms in total. The lowest BCUT2D eigenvalue weighted by atomic mass is 10.1. The third-order valence-corrected chi connectivity index (χ3v) is 6.73. The second kappa shape index (κ2) is 11.0. The molecule has 7 heteroatoms. The Kier molecular flexibility index (Phi) is 7.65. The molecule has 2 amide bonds. The van der Waals surface area contributed by atoms with E-state index in [-0.39, 0.29) is 23.7 Å². The van der Waals surface area contributed by atoms with Crippen LogP contribution in [-0.2, 0) is 27.3 Å². The van der Waals surface area contributed by atoms with Crippen molar-refractivity contribution in [1.29, 1.82) is 0 Å². The van der Waals surface area contributed by atoms with E-state index in [0.29, 0.717) is 30.8 Å². The molecule has 0 radical (unpaired) electrons. The molecular weight excluding hydrogens is 448 g/mol. The summed E-state index contributed by atoms with van der Waals surface area (Å²) in [4.78, 5) is 40.2. The number of rotatable bonds is 8. The monoisotopic (exact) mass is 474 g/mol. The first kappa shape index (κ1) is 23.6. The fourth-order valence-corrected chi connectivity index (χ4v) is 4.57. The first-order valence-electron chi connectivity index (χ1n) is 11.1. The quantitative estimate of drug-likeness (QED) is 0.485. The minimum absolute atomic E-state index is 0.104. The van der Waals surface area contributed by atoms with E-state index in [1.807, 2.05) is 67.6 Å². The van der Waals surface area contributed by atoms with Crippen LogP contribution in [0.3, 0.4) is 0 Å². The molecule has 0 spiro atoms. The van der Waals surface area contributed by atoms with Crippen LogP contribution in [0.25, 0.3) is 0 Å². The second-order valence-electron chi connectivity index (χ2n) is 8.07. The van der Waals surface area contributed by atoms with E-state index >= 15 is 0 Å². The number of thioether (sulfide) groups is 1. The van der Waals surface area contributed by atoms with E-state index < -0.39 is 5.97 Å². The second-order valence-corrected chi connectivity index (χ2v) is 9.46. The SMILES string of the molecule is CC1Sc2ccc(C(=O)OCC(=O)N(CCc3ccccc3)Cc3ccccc3)cc2NC1=O. The van der Waals surface area contributed by atoms with Crippen LogP contribution in [-0.4, -0.2) is 41.1 Å². The van der Waals surface area contributed by atoms with Gasteiger partial charge in [0.15, 0.2) is 6.61 Å². The highest BCUT2D eigenvalue weighted by Gasteiger charge is 2.24. The van der Waals surface area contributed by atoms with Gasteiger partial charge in [-0.3, -0.25) is 9.59 Å². The highest BCUT2D eigenvalue weighted by atomic mass is 32.2. The van der Waals surface area contributed by atoms with Crippen LogP contribution in [0.4, 0.5) is 5.69 Å². The topological polar surface area (TPSA) is 75.7 Å². The van der Waals surface area contributed by atoms with Gasteiger partial charge in [-0.1, -0.05) is 60.7 Å². The predicted octanol–water partition coefficient (Wildman–Crippen LogP) is 4.55. The molecule has 1 heterocycles. The summed E-state index contributed by atoms with van der Waals surface area (Å²) in [5, 5.41) is 2.62. The third kappa shape index (κ3) is 6.05. The van der Waals surface area contributed by atoms with E-state index in [2.05, 4.69) is 5.32 Å². The maximum Gasteiger partial charge on any atom is 0.338 e. The number of carbonyl (C=O) groups is 3. The molecule has 0 fully saturated rings. The molecule has 1 aliphatic heterocycles. The normalized spacial score (nSPS) is 14.6. The van der Waals surface area contributed by atoms with Crippen LogP contribution >= 0.6 is 11.8 Å². The molecule has 3 aromatic rings. The lowest BCUT2D eigenvalue weighted by Gasteiger charge is -2.23. The number of amides is 2. The molecule has 1 aliphatic rings. The van der Waals surface area contributed by atoms with E-state index in [4.69, 9.17) is 4.74 Å². The average Bonchev–Trinajstić information content (AvgIpc) is 2.86. The van der Waals surface area contributed by atoms with Crippen LogP contribution in [0.2, 0.25) is 0 Å². The Morgan fingerprint density at radius 1 is 0.971 bits per heavy atom.